The van der Waals surface area contributed by atoms with Crippen LogP contribution in [-0.2, 0) is 0 Å². The Bertz CT molecular complexity index is 347. The van der Waals surface area contributed by atoms with Crippen molar-refractivity contribution in [2.24, 2.45) is 5.73 Å². The highest BCUT2D eigenvalue weighted by atomic mass is 35.5. The molecule has 0 spiro atoms. The molecule has 4 nitrogen and oxygen atoms in total. The fraction of sp³-hybridized carbons (Fsp3) is 0.500. The van der Waals surface area contributed by atoms with Crippen LogP contribution < -0.4 is 15.8 Å². The Hall–Kier alpha value is -0.780. The number of ether oxygens (including phenoxy) is 1. The Labute approximate surface area is 106 Å². The Kier molecular flexibility index (Phi) is 5.78. The zero-order valence-corrected chi connectivity index (χ0v) is 11.2. The number of nitrogens with one attached hydrogen (secondary N) is 1. The first-order valence-electron chi connectivity index (χ1n) is 4.62. The third-order valence-corrected chi connectivity index (χ3v) is 2.65. The van der Waals surface area contributed by atoms with Crippen LogP contribution in [0.5, 0.6) is 5.75 Å². The van der Waals surface area contributed by atoms with Crippen LogP contribution in [0.15, 0.2) is 11.4 Å². The molecular weight excluding hydrogens is 248 g/mol. The molecule has 92 valence electrons. The molecular formula is C10H17ClN2O2S. The maximum atomic E-state index is 11.6. The van der Waals surface area contributed by atoms with Gasteiger partial charge in [0.2, 0.25) is 0 Å². The smallest absolute Gasteiger partial charge is 0.261 e. The molecule has 1 aromatic heterocycles. The van der Waals surface area contributed by atoms with Gasteiger partial charge in [-0.1, -0.05) is 0 Å². The molecule has 3 N–H and O–H groups in total. The lowest BCUT2D eigenvalue weighted by Crippen LogP contribution is -2.44. The van der Waals surface area contributed by atoms with Gasteiger partial charge in [0.1, 0.15) is 5.75 Å². The molecule has 0 saturated carbocycles. The third-order valence-electron chi connectivity index (χ3n) is 1.74. The van der Waals surface area contributed by atoms with Gasteiger partial charge in [-0.2, -0.15) is 0 Å². The molecule has 0 unspecified atom stereocenters. The first-order valence-corrected chi connectivity index (χ1v) is 5.50. The van der Waals surface area contributed by atoms with E-state index in [1.165, 1.54) is 11.3 Å². The quantitative estimate of drug-likeness (QED) is 0.869. The number of halogens is 1. The lowest BCUT2D eigenvalue weighted by molar-refractivity contribution is 0.0950. The molecule has 0 saturated heterocycles. The van der Waals surface area contributed by atoms with Gasteiger partial charge in [0, 0.05) is 23.5 Å². The first kappa shape index (κ1) is 15.2. The van der Waals surface area contributed by atoms with E-state index in [-0.39, 0.29) is 18.3 Å². The van der Waals surface area contributed by atoms with E-state index in [0.717, 1.165) is 0 Å². The molecule has 1 aromatic rings. The van der Waals surface area contributed by atoms with Crippen molar-refractivity contribution in [3.05, 3.63) is 16.3 Å². The van der Waals surface area contributed by atoms with Crippen LogP contribution in [-0.4, -0.2) is 25.1 Å². The first-order chi connectivity index (χ1) is 6.92. The molecule has 1 heterocycles. The molecule has 0 bridgehead atoms. The van der Waals surface area contributed by atoms with E-state index >= 15 is 0 Å². The number of carbonyl (C=O) groups is 1. The summed E-state index contributed by atoms with van der Waals surface area (Å²) in [6, 6.07) is 1.71. The predicted molar refractivity (Wildman–Crippen MR) is 68.7 cm³/mol. The molecule has 6 heteroatoms. The van der Waals surface area contributed by atoms with Crippen molar-refractivity contribution in [1.29, 1.82) is 0 Å². The number of hydrogen-bond acceptors (Lipinski definition) is 4. The highest BCUT2D eigenvalue weighted by Gasteiger charge is 2.14. The maximum absolute atomic E-state index is 11.6. The monoisotopic (exact) mass is 264 g/mol. The molecule has 0 aliphatic carbocycles. The predicted octanol–water partition coefficient (Wildman–Crippen LogP) is 1.65. The van der Waals surface area contributed by atoms with E-state index in [1.54, 1.807) is 18.6 Å². The van der Waals surface area contributed by atoms with Crippen molar-refractivity contribution < 1.29 is 9.53 Å². The summed E-state index contributed by atoms with van der Waals surface area (Å²) in [6.45, 7) is 4.18. The van der Waals surface area contributed by atoms with Crippen LogP contribution in [0.2, 0.25) is 0 Å². The Morgan fingerprint density at radius 2 is 2.25 bits per heavy atom. The normalized spacial score (nSPS) is 10.5. The number of hydrogen-bond donors (Lipinski definition) is 2. The van der Waals surface area contributed by atoms with Gasteiger partial charge in [-0.3, -0.25) is 4.79 Å². The van der Waals surface area contributed by atoms with Crippen LogP contribution in [0.1, 0.15) is 23.5 Å². The zero-order chi connectivity index (χ0) is 11.5. The maximum Gasteiger partial charge on any atom is 0.261 e. The van der Waals surface area contributed by atoms with Gasteiger partial charge >= 0.3 is 0 Å². The van der Waals surface area contributed by atoms with Gasteiger partial charge in [0.15, 0.2) is 0 Å². The van der Waals surface area contributed by atoms with Crippen LogP contribution in [0, 0.1) is 0 Å². The lowest BCUT2D eigenvalue weighted by atomic mass is 10.1. The number of amides is 1. The summed E-state index contributed by atoms with van der Waals surface area (Å²) < 4.78 is 5.00. The fourth-order valence-electron chi connectivity index (χ4n) is 0.940. The summed E-state index contributed by atoms with van der Waals surface area (Å²) in [7, 11) is 1.58. The number of carbonyl (C=O) groups excluding carboxylic acids is 1. The average Bonchev–Trinajstić information content (AvgIpc) is 2.61. The third kappa shape index (κ3) is 4.83. The molecule has 1 amide bonds. The van der Waals surface area contributed by atoms with Crippen molar-refractivity contribution in [2.45, 2.75) is 19.4 Å². The van der Waals surface area contributed by atoms with Crippen LogP contribution in [0.4, 0.5) is 0 Å². The average molecular weight is 265 g/mol. The molecule has 0 fully saturated rings. The van der Waals surface area contributed by atoms with Crippen molar-refractivity contribution in [3.63, 3.8) is 0 Å². The fourth-order valence-corrected chi connectivity index (χ4v) is 1.71. The molecule has 0 radical (unpaired) electrons. The highest BCUT2D eigenvalue weighted by molar-refractivity contribution is 7.12. The SMILES string of the molecule is COc1csc(C(=O)NCC(C)(C)N)c1.Cl. The van der Waals surface area contributed by atoms with E-state index in [2.05, 4.69) is 5.32 Å². The molecule has 0 aliphatic rings. The summed E-state index contributed by atoms with van der Waals surface area (Å²) in [5, 5.41) is 4.56. The van der Waals surface area contributed by atoms with Gasteiger partial charge in [-0.25, -0.2) is 0 Å². The van der Waals surface area contributed by atoms with Gasteiger partial charge in [-0.05, 0) is 13.8 Å². The van der Waals surface area contributed by atoms with E-state index in [0.29, 0.717) is 17.2 Å². The number of methoxy groups -OCH3 is 1. The molecule has 0 atom stereocenters. The topological polar surface area (TPSA) is 64.3 Å². The summed E-state index contributed by atoms with van der Waals surface area (Å²) in [6.07, 6.45) is 0. The van der Waals surface area contributed by atoms with Gasteiger partial charge < -0.3 is 15.8 Å². The van der Waals surface area contributed by atoms with E-state index in [4.69, 9.17) is 10.5 Å². The van der Waals surface area contributed by atoms with E-state index < -0.39 is 5.54 Å². The zero-order valence-electron chi connectivity index (χ0n) is 9.57. The second-order valence-corrected chi connectivity index (χ2v) is 4.93. The standard InChI is InChI=1S/C10H16N2O2S.ClH/c1-10(2,11)6-12-9(13)8-4-7(14-3)5-15-8;/h4-5H,6,11H2,1-3H3,(H,12,13);1H. The Balaban J connectivity index is 0.00000225. The van der Waals surface area contributed by atoms with E-state index in [1.807, 2.05) is 13.8 Å². The van der Waals surface area contributed by atoms with Crippen molar-refractivity contribution in [1.82, 2.24) is 5.32 Å². The molecule has 1 rings (SSSR count). The molecule has 0 aromatic carbocycles. The second kappa shape index (κ2) is 6.08. The lowest BCUT2D eigenvalue weighted by Gasteiger charge is -2.18. The second-order valence-electron chi connectivity index (χ2n) is 4.02. The van der Waals surface area contributed by atoms with Crippen LogP contribution in [0.3, 0.4) is 0 Å². The van der Waals surface area contributed by atoms with Crippen molar-refractivity contribution in [2.75, 3.05) is 13.7 Å². The Morgan fingerprint density at radius 1 is 1.62 bits per heavy atom. The Morgan fingerprint density at radius 3 is 2.69 bits per heavy atom. The van der Waals surface area contributed by atoms with Crippen LogP contribution in [0.25, 0.3) is 0 Å². The largest absolute Gasteiger partial charge is 0.496 e. The minimum atomic E-state index is -0.392. The molecule has 16 heavy (non-hydrogen) atoms. The summed E-state index contributed by atoms with van der Waals surface area (Å²) in [4.78, 5) is 12.2. The summed E-state index contributed by atoms with van der Waals surface area (Å²) >= 11 is 1.35. The van der Waals surface area contributed by atoms with E-state index in [9.17, 15) is 4.79 Å². The van der Waals surface area contributed by atoms with Gasteiger partial charge in [0.05, 0.1) is 12.0 Å². The summed E-state index contributed by atoms with van der Waals surface area (Å²) in [5.74, 6) is 0.596. The van der Waals surface area contributed by atoms with Gasteiger partial charge in [0.25, 0.3) is 5.91 Å². The summed E-state index contributed by atoms with van der Waals surface area (Å²) in [5.41, 5.74) is 5.37. The van der Waals surface area contributed by atoms with Gasteiger partial charge in [-0.15, -0.1) is 23.7 Å². The minimum Gasteiger partial charge on any atom is -0.496 e. The number of nitrogens with two attached hydrogens (primary N) is 1. The highest BCUT2D eigenvalue weighted by Crippen LogP contribution is 2.20. The van der Waals surface area contributed by atoms with Crippen LogP contribution >= 0.6 is 23.7 Å². The number of rotatable bonds is 4. The number of thiophene rings is 1. The van der Waals surface area contributed by atoms with Crippen molar-refractivity contribution in [3.8, 4) is 5.75 Å². The minimum absolute atomic E-state index is 0. The van der Waals surface area contributed by atoms with Crippen molar-refractivity contribution >= 4 is 29.7 Å². The molecule has 0 aliphatic heterocycles.